The Bertz CT molecular complexity index is 1690. The van der Waals surface area contributed by atoms with Crippen molar-refractivity contribution in [3.63, 3.8) is 0 Å². The van der Waals surface area contributed by atoms with Crippen molar-refractivity contribution in [1.82, 2.24) is 0 Å². The van der Waals surface area contributed by atoms with Gasteiger partial charge in [-0.2, -0.15) is 0 Å². The molecule has 0 radical (unpaired) electrons. The molecule has 2 aliphatic rings. The average molecular weight is 675 g/mol. The van der Waals surface area contributed by atoms with E-state index >= 15 is 0 Å². The van der Waals surface area contributed by atoms with Crippen LogP contribution in [-0.2, 0) is 23.3 Å². The average Bonchev–Trinajstić information content (AvgIpc) is 3.51. The molecule has 1 atom stereocenters. The van der Waals surface area contributed by atoms with Gasteiger partial charge in [-0.05, 0) is 0 Å². The Kier molecular flexibility index (Phi) is 7.73. The van der Waals surface area contributed by atoms with Gasteiger partial charge in [0.05, 0.1) is 0 Å². The van der Waals surface area contributed by atoms with Gasteiger partial charge in [-0.25, -0.2) is 0 Å². The summed E-state index contributed by atoms with van der Waals surface area (Å²) in [5, 5.41) is 3.00. The Morgan fingerprint density at radius 1 is 0.732 bits per heavy atom. The Balaban J connectivity index is 1.60. The number of benzene rings is 4. The van der Waals surface area contributed by atoms with Crippen molar-refractivity contribution < 1.29 is 17.9 Å². The molecular formula is C37H40Cl2SiZr. The van der Waals surface area contributed by atoms with E-state index < -0.39 is 27.4 Å². The summed E-state index contributed by atoms with van der Waals surface area (Å²) >= 11 is -4.03. The van der Waals surface area contributed by atoms with Crippen molar-refractivity contribution in [2.24, 2.45) is 5.92 Å². The minimum absolute atomic E-state index is 0.00168. The summed E-state index contributed by atoms with van der Waals surface area (Å²) in [6.45, 7) is 16.2. The molecule has 4 aromatic rings. The van der Waals surface area contributed by atoms with Crippen LogP contribution in [0.3, 0.4) is 0 Å². The predicted molar refractivity (Wildman–Crippen MR) is 181 cm³/mol. The Hall–Kier alpha value is -1.70. The second-order valence-electron chi connectivity index (χ2n) is 13.5. The molecular weight excluding hydrogens is 635 g/mol. The SMILES string of the molecule is CC(C)C1=Cc2c(ccc(C(C)(C)C)c2-c2ccccc2C(C)C)[CH]1[Zr]([Cl])([Cl])[c]1cccc2c1[SiH2]c1ccccc1-2. The third-order valence-corrected chi connectivity index (χ3v) is 23.4. The summed E-state index contributed by atoms with van der Waals surface area (Å²) in [5.41, 5.74) is 12.3. The van der Waals surface area contributed by atoms with Crippen LogP contribution in [-0.4, -0.2) is 9.52 Å². The molecule has 210 valence electrons. The van der Waals surface area contributed by atoms with E-state index in [9.17, 15) is 0 Å². The Morgan fingerprint density at radius 3 is 2.07 bits per heavy atom. The van der Waals surface area contributed by atoms with E-state index in [-0.39, 0.29) is 9.04 Å². The fourth-order valence-corrected chi connectivity index (χ4v) is 24.2. The maximum absolute atomic E-state index is 7.93. The molecule has 4 aromatic carbocycles. The van der Waals surface area contributed by atoms with Gasteiger partial charge in [-0.15, -0.1) is 0 Å². The van der Waals surface area contributed by atoms with Gasteiger partial charge < -0.3 is 0 Å². The minimum atomic E-state index is -4.03. The molecule has 6 rings (SSSR count). The van der Waals surface area contributed by atoms with Crippen LogP contribution in [0.15, 0.2) is 84.4 Å². The van der Waals surface area contributed by atoms with Crippen molar-refractivity contribution in [3.05, 3.63) is 107 Å². The van der Waals surface area contributed by atoms with Gasteiger partial charge in [-0.3, -0.25) is 0 Å². The molecule has 0 spiro atoms. The first-order chi connectivity index (χ1) is 19.4. The standard InChI is InChI=1S/C25H31.C12H9Si.2ClH.Zr/c1-16(2)19-14-18-12-13-23(25(5,6)7)24(22(18)15-19)21-11-9-8-10-20(21)17(3)4;1-3-7-11-9(5-1)10-6-2-4-8-12(10)13-11;;;/h8-17H,1-7H3;1-7H,13H2;2*1H;/q;;;;+2/p-2. The zero-order valence-electron chi connectivity index (χ0n) is 25.3. The fraction of sp³-hybridized carbons (Fsp3) is 0.297. The van der Waals surface area contributed by atoms with E-state index in [0.717, 1.165) is 0 Å². The molecule has 4 heteroatoms. The van der Waals surface area contributed by atoms with Crippen LogP contribution in [0.1, 0.15) is 80.3 Å². The number of hydrogen-bond acceptors (Lipinski definition) is 0. The molecule has 0 saturated carbocycles. The van der Waals surface area contributed by atoms with Gasteiger partial charge in [0.15, 0.2) is 0 Å². The predicted octanol–water partition coefficient (Wildman–Crippen LogP) is 8.76. The topological polar surface area (TPSA) is 0 Å². The maximum atomic E-state index is 7.93. The second kappa shape index (κ2) is 10.8. The van der Waals surface area contributed by atoms with Crippen molar-refractivity contribution in [2.75, 3.05) is 0 Å². The van der Waals surface area contributed by atoms with Crippen LogP contribution >= 0.6 is 17.0 Å². The van der Waals surface area contributed by atoms with Crippen LogP contribution in [0.25, 0.3) is 28.3 Å². The van der Waals surface area contributed by atoms with Crippen molar-refractivity contribution >= 4 is 46.3 Å². The summed E-state index contributed by atoms with van der Waals surface area (Å²) in [5.74, 6) is 0.789. The number of fused-ring (bicyclic) bond motifs is 4. The molecule has 41 heavy (non-hydrogen) atoms. The van der Waals surface area contributed by atoms with Gasteiger partial charge in [0.1, 0.15) is 0 Å². The normalized spacial score (nSPS) is 16.8. The third kappa shape index (κ3) is 4.92. The summed E-state index contributed by atoms with van der Waals surface area (Å²) < 4.78 is 1.39. The van der Waals surface area contributed by atoms with Crippen molar-refractivity contribution in [3.8, 4) is 22.3 Å². The second-order valence-corrected chi connectivity index (χ2v) is 29.3. The number of allylic oxidation sites excluding steroid dienone is 1. The van der Waals surface area contributed by atoms with Gasteiger partial charge in [0.2, 0.25) is 0 Å². The number of rotatable bonds is 5. The Labute approximate surface area is 260 Å². The molecule has 1 aliphatic carbocycles. The van der Waals surface area contributed by atoms with Gasteiger partial charge in [0, 0.05) is 0 Å². The molecule has 1 unspecified atom stereocenters. The number of hydrogen-bond donors (Lipinski definition) is 0. The quantitative estimate of drug-likeness (QED) is 0.164. The Morgan fingerprint density at radius 2 is 1.39 bits per heavy atom. The monoisotopic (exact) mass is 672 g/mol. The fourth-order valence-electron chi connectivity index (χ4n) is 7.15. The van der Waals surface area contributed by atoms with Crippen molar-refractivity contribution in [1.29, 1.82) is 0 Å². The third-order valence-electron chi connectivity index (χ3n) is 9.13. The van der Waals surface area contributed by atoms with Crippen LogP contribution in [0.2, 0.25) is 0 Å². The molecule has 0 bridgehead atoms. The number of halogens is 2. The zero-order valence-corrected chi connectivity index (χ0v) is 30.7. The first-order valence-corrected chi connectivity index (χ1v) is 25.4. The molecule has 0 amide bonds. The van der Waals surface area contributed by atoms with Gasteiger partial charge >= 0.3 is 262 Å². The summed E-state index contributed by atoms with van der Waals surface area (Å²) in [7, 11) is 15.2. The van der Waals surface area contributed by atoms with Crippen LogP contribution in [0.5, 0.6) is 0 Å². The van der Waals surface area contributed by atoms with E-state index in [1.165, 1.54) is 63.7 Å². The molecule has 1 heterocycles. The summed E-state index contributed by atoms with van der Waals surface area (Å²) in [4.78, 5) is 0. The van der Waals surface area contributed by atoms with Gasteiger partial charge in [0.25, 0.3) is 0 Å². The van der Waals surface area contributed by atoms with E-state index in [0.29, 0.717) is 11.8 Å². The molecule has 0 fully saturated rings. The summed E-state index contributed by atoms with van der Waals surface area (Å²) in [6.07, 6.45) is 2.48. The first-order valence-electron chi connectivity index (χ1n) is 15.0. The summed E-state index contributed by atoms with van der Waals surface area (Å²) in [6, 6.07) is 29.4. The van der Waals surface area contributed by atoms with E-state index in [1.807, 2.05) is 0 Å². The van der Waals surface area contributed by atoms with E-state index in [1.54, 1.807) is 0 Å². The van der Waals surface area contributed by atoms with Crippen LogP contribution in [0.4, 0.5) is 0 Å². The van der Waals surface area contributed by atoms with Gasteiger partial charge in [-0.1, -0.05) is 0 Å². The van der Waals surface area contributed by atoms with Crippen LogP contribution in [0, 0.1) is 5.92 Å². The first kappa shape index (κ1) is 29.4. The van der Waals surface area contributed by atoms with Crippen molar-refractivity contribution in [2.45, 2.75) is 63.4 Å². The van der Waals surface area contributed by atoms with E-state index in [2.05, 4.69) is 133 Å². The molecule has 0 nitrogen and oxygen atoms in total. The molecule has 1 aliphatic heterocycles. The zero-order chi connectivity index (χ0) is 29.3. The molecule has 0 saturated heterocycles. The van der Waals surface area contributed by atoms with Crippen LogP contribution < -0.4 is 13.6 Å². The molecule has 0 N–H and O–H groups in total. The molecule has 0 aromatic heterocycles. The van der Waals surface area contributed by atoms with E-state index in [4.69, 9.17) is 17.0 Å².